The highest BCUT2D eigenvalue weighted by molar-refractivity contribution is 6.14. The van der Waals surface area contributed by atoms with Crippen LogP contribution in [0.2, 0.25) is 0 Å². The molecule has 2 heterocycles. The van der Waals surface area contributed by atoms with Gasteiger partial charge in [0.2, 0.25) is 0 Å². The van der Waals surface area contributed by atoms with E-state index in [2.05, 4.69) is 15.1 Å². The Labute approximate surface area is 94.2 Å². The van der Waals surface area contributed by atoms with Crippen LogP contribution in [0.4, 0.5) is 5.82 Å². The largest absolute Gasteiger partial charge is 0.272 e. The maximum absolute atomic E-state index is 11.9. The average molecular weight is 218 g/mol. The summed E-state index contributed by atoms with van der Waals surface area (Å²) in [5, 5.41) is 5.58. The molecule has 0 radical (unpaired) electrons. The highest BCUT2D eigenvalue weighted by Crippen LogP contribution is 2.22. The number of anilines is 1. The van der Waals surface area contributed by atoms with Crippen LogP contribution < -0.4 is 5.01 Å². The molecule has 1 unspecified atom stereocenters. The van der Waals surface area contributed by atoms with Gasteiger partial charge in [-0.1, -0.05) is 0 Å². The molecule has 84 valence electrons. The van der Waals surface area contributed by atoms with Gasteiger partial charge in [-0.05, 0) is 27.7 Å². The van der Waals surface area contributed by atoms with Crippen molar-refractivity contribution in [3.05, 3.63) is 17.6 Å². The fraction of sp³-hybridized carbons (Fsp3) is 0.455. The molecule has 5 nitrogen and oxygen atoms in total. The summed E-state index contributed by atoms with van der Waals surface area (Å²) in [5.74, 6) is 1.01. The third-order valence-electron chi connectivity index (χ3n) is 2.63. The smallest absolute Gasteiger partial charge is 0.257 e. The summed E-state index contributed by atoms with van der Waals surface area (Å²) in [6.07, 6.45) is 0. The normalized spacial score (nSPS) is 20.2. The van der Waals surface area contributed by atoms with Crippen LogP contribution in [0, 0.1) is 19.8 Å². The van der Waals surface area contributed by atoms with Crippen molar-refractivity contribution < 1.29 is 4.79 Å². The van der Waals surface area contributed by atoms with E-state index in [9.17, 15) is 4.79 Å². The van der Waals surface area contributed by atoms with Crippen molar-refractivity contribution in [3.63, 3.8) is 0 Å². The van der Waals surface area contributed by atoms with E-state index in [0.29, 0.717) is 11.6 Å². The maximum Gasteiger partial charge on any atom is 0.257 e. The van der Waals surface area contributed by atoms with Crippen molar-refractivity contribution in [2.45, 2.75) is 27.7 Å². The number of hydrogen-bond donors (Lipinski definition) is 0. The van der Waals surface area contributed by atoms with Gasteiger partial charge in [-0.25, -0.2) is 9.97 Å². The second kappa shape index (κ2) is 3.66. The van der Waals surface area contributed by atoms with Crippen LogP contribution in [0.15, 0.2) is 11.2 Å². The molecule has 0 spiro atoms. The number of aromatic nitrogens is 2. The summed E-state index contributed by atoms with van der Waals surface area (Å²) in [4.78, 5) is 20.3. The van der Waals surface area contributed by atoms with Gasteiger partial charge in [0.15, 0.2) is 5.82 Å². The van der Waals surface area contributed by atoms with Crippen molar-refractivity contribution in [2.24, 2.45) is 11.0 Å². The first-order valence-electron chi connectivity index (χ1n) is 5.20. The minimum absolute atomic E-state index is 0.0324. The van der Waals surface area contributed by atoms with Crippen LogP contribution in [0.3, 0.4) is 0 Å². The van der Waals surface area contributed by atoms with Gasteiger partial charge in [-0.2, -0.15) is 10.1 Å². The maximum atomic E-state index is 11.9. The van der Waals surface area contributed by atoms with E-state index in [1.54, 1.807) is 13.0 Å². The van der Waals surface area contributed by atoms with Gasteiger partial charge in [0.05, 0.1) is 5.92 Å². The van der Waals surface area contributed by atoms with E-state index < -0.39 is 0 Å². The molecule has 5 heteroatoms. The van der Waals surface area contributed by atoms with Gasteiger partial charge in [-0.15, -0.1) is 0 Å². The Morgan fingerprint density at radius 1 is 1.25 bits per heavy atom. The zero-order valence-corrected chi connectivity index (χ0v) is 9.85. The van der Waals surface area contributed by atoms with Crippen molar-refractivity contribution in [1.29, 1.82) is 0 Å². The van der Waals surface area contributed by atoms with Crippen LogP contribution in [-0.4, -0.2) is 21.6 Å². The zero-order valence-electron chi connectivity index (χ0n) is 9.85. The minimum Gasteiger partial charge on any atom is -0.272 e. The lowest BCUT2D eigenvalue weighted by Crippen LogP contribution is -2.26. The summed E-state index contributed by atoms with van der Waals surface area (Å²) in [5.41, 5.74) is 1.65. The number of aryl methyl sites for hydroxylation is 2. The van der Waals surface area contributed by atoms with Gasteiger partial charge in [0.1, 0.15) is 5.82 Å². The van der Waals surface area contributed by atoms with Crippen LogP contribution in [0.5, 0.6) is 0 Å². The Hall–Kier alpha value is -1.78. The van der Waals surface area contributed by atoms with E-state index >= 15 is 0 Å². The first kappa shape index (κ1) is 10.7. The summed E-state index contributed by atoms with van der Waals surface area (Å²) >= 11 is 0. The predicted octanol–water partition coefficient (Wildman–Crippen LogP) is 1.45. The van der Waals surface area contributed by atoms with Crippen molar-refractivity contribution >= 4 is 17.4 Å². The lowest BCUT2D eigenvalue weighted by Gasteiger charge is -2.12. The van der Waals surface area contributed by atoms with Crippen molar-refractivity contribution in [2.75, 3.05) is 5.01 Å². The third-order valence-corrected chi connectivity index (χ3v) is 2.63. The number of hydrogen-bond acceptors (Lipinski definition) is 4. The lowest BCUT2D eigenvalue weighted by molar-refractivity contribution is -0.119. The predicted molar refractivity (Wildman–Crippen MR) is 61.3 cm³/mol. The van der Waals surface area contributed by atoms with E-state index in [0.717, 1.165) is 11.4 Å². The number of hydrazone groups is 1. The Balaban J connectivity index is 2.42. The van der Waals surface area contributed by atoms with E-state index in [1.165, 1.54) is 5.01 Å². The Morgan fingerprint density at radius 3 is 2.44 bits per heavy atom. The second-order valence-electron chi connectivity index (χ2n) is 4.03. The molecule has 1 atom stereocenters. The van der Waals surface area contributed by atoms with Crippen molar-refractivity contribution in [3.8, 4) is 0 Å². The van der Waals surface area contributed by atoms with Crippen LogP contribution in [0.1, 0.15) is 25.4 Å². The lowest BCUT2D eigenvalue weighted by atomic mass is 10.1. The topological polar surface area (TPSA) is 58.5 Å². The Kier molecular flexibility index (Phi) is 2.46. The molecule has 0 fully saturated rings. The van der Waals surface area contributed by atoms with E-state index in [-0.39, 0.29) is 11.8 Å². The highest BCUT2D eigenvalue weighted by Gasteiger charge is 2.31. The molecule has 1 aromatic heterocycles. The SMILES string of the molecule is CC1=NN(c2cc(C)nc(C)n2)C(=O)C1C. The molecule has 1 aliphatic rings. The van der Waals surface area contributed by atoms with E-state index in [4.69, 9.17) is 0 Å². The number of amides is 1. The van der Waals surface area contributed by atoms with Gasteiger partial charge < -0.3 is 0 Å². The molecule has 1 aliphatic heterocycles. The first-order chi connectivity index (χ1) is 7.49. The molecule has 1 amide bonds. The number of carbonyl (C=O) groups excluding carboxylic acids is 1. The Bertz CT molecular complexity index is 461. The monoisotopic (exact) mass is 218 g/mol. The molecule has 0 aromatic carbocycles. The summed E-state index contributed by atoms with van der Waals surface area (Å²) in [6.45, 7) is 7.38. The second-order valence-corrected chi connectivity index (χ2v) is 4.03. The third kappa shape index (κ3) is 1.68. The molecule has 0 aliphatic carbocycles. The highest BCUT2D eigenvalue weighted by atomic mass is 16.2. The van der Waals surface area contributed by atoms with Crippen LogP contribution in [0.25, 0.3) is 0 Å². The van der Waals surface area contributed by atoms with Crippen LogP contribution in [-0.2, 0) is 4.79 Å². The summed E-state index contributed by atoms with van der Waals surface area (Å²) < 4.78 is 0. The molecule has 0 saturated carbocycles. The molecule has 0 bridgehead atoms. The molecule has 0 saturated heterocycles. The van der Waals surface area contributed by atoms with Crippen LogP contribution >= 0.6 is 0 Å². The number of nitrogens with zero attached hydrogens (tertiary/aromatic N) is 4. The molecule has 1 aromatic rings. The molecular weight excluding hydrogens is 204 g/mol. The van der Waals surface area contributed by atoms with E-state index in [1.807, 2.05) is 20.8 Å². The molecule has 0 N–H and O–H groups in total. The molecular formula is C11H14N4O. The Morgan fingerprint density at radius 2 is 1.94 bits per heavy atom. The molecule has 2 rings (SSSR count). The molecule has 16 heavy (non-hydrogen) atoms. The first-order valence-corrected chi connectivity index (χ1v) is 5.20. The fourth-order valence-electron chi connectivity index (χ4n) is 1.63. The fourth-order valence-corrected chi connectivity index (χ4v) is 1.63. The van der Waals surface area contributed by atoms with Gasteiger partial charge in [0.25, 0.3) is 5.91 Å². The number of rotatable bonds is 1. The summed E-state index contributed by atoms with van der Waals surface area (Å²) in [7, 11) is 0. The quantitative estimate of drug-likeness (QED) is 0.716. The summed E-state index contributed by atoms with van der Waals surface area (Å²) in [6, 6.07) is 1.76. The van der Waals surface area contributed by atoms with Gasteiger partial charge in [-0.3, -0.25) is 4.79 Å². The van der Waals surface area contributed by atoms with Gasteiger partial charge in [0, 0.05) is 17.5 Å². The number of carbonyl (C=O) groups is 1. The van der Waals surface area contributed by atoms with Crippen molar-refractivity contribution in [1.82, 2.24) is 9.97 Å². The van der Waals surface area contributed by atoms with Gasteiger partial charge >= 0.3 is 0 Å². The minimum atomic E-state index is -0.157. The average Bonchev–Trinajstić information content (AvgIpc) is 2.44. The zero-order chi connectivity index (χ0) is 11.9. The standard InChI is InChI=1S/C11H14N4O/c1-6-5-10(13-9(4)12-6)15-11(16)7(2)8(3)14-15/h5,7H,1-4H3.